The standard InChI is InChI=1S/C13H18N4/c1-8-2-4-11(15-7-8)9-3-5-12-10(6-9)13(14)17-16-12/h3,5-6,8,11,15H,2,4,7H2,1H3,(H3,14,16,17). The predicted octanol–water partition coefficient (Wildman–Crippen LogP) is 2.21. The first-order chi connectivity index (χ1) is 8.24. The van der Waals surface area contributed by atoms with E-state index in [1.807, 2.05) is 0 Å². The molecule has 3 rings (SSSR count). The summed E-state index contributed by atoms with van der Waals surface area (Å²) in [6, 6.07) is 6.84. The molecule has 4 N–H and O–H groups in total. The topological polar surface area (TPSA) is 66.7 Å². The Morgan fingerprint density at radius 3 is 3.00 bits per heavy atom. The molecule has 4 heteroatoms. The smallest absolute Gasteiger partial charge is 0.153 e. The van der Waals surface area contributed by atoms with E-state index in [1.54, 1.807) is 0 Å². The summed E-state index contributed by atoms with van der Waals surface area (Å²) in [5.41, 5.74) is 8.16. The average molecular weight is 230 g/mol. The number of nitrogen functional groups attached to an aromatic ring is 1. The molecule has 2 heterocycles. The molecule has 90 valence electrons. The van der Waals surface area contributed by atoms with Crippen LogP contribution in [0.15, 0.2) is 18.2 Å². The van der Waals surface area contributed by atoms with Crippen molar-refractivity contribution in [2.75, 3.05) is 12.3 Å². The molecule has 1 aromatic heterocycles. The summed E-state index contributed by atoms with van der Waals surface area (Å²) in [5.74, 6) is 1.38. The number of nitrogens with one attached hydrogen (secondary N) is 2. The van der Waals surface area contributed by atoms with Gasteiger partial charge in [-0.25, -0.2) is 0 Å². The fourth-order valence-corrected chi connectivity index (χ4v) is 2.55. The minimum atomic E-state index is 0.463. The molecule has 0 bridgehead atoms. The van der Waals surface area contributed by atoms with Crippen LogP contribution in [0.1, 0.15) is 31.4 Å². The van der Waals surface area contributed by atoms with E-state index in [0.29, 0.717) is 11.9 Å². The number of nitrogens with zero attached hydrogens (tertiary/aromatic N) is 1. The third-order valence-electron chi connectivity index (χ3n) is 3.68. The first kappa shape index (κ1) is 10.6. The van der Waals surface area contributed by atoms with E-state index in [0.717, 1.165) is 23.4 Å². The highest BCUT2D eigenvalue weighted by Crippen LogP contribution is 2.28. The Hall–Kier alpha value is -1.55. The molecular formula is C13H18N4. The van der Waals surface area contributed by atoms with Crippen molar-refractivity contribution in [3.8, 4) is 0 Å². The van der Waals surface area contributed by atoms with E-state index in [4.69, 9.17) is 5.73 Å². The van der Waals surface area contributed by atoms with Gasteiger partial charge in [0, 0.05) is 11.4 Å². The maximum atomic E-state index is 5.83. The number of aromatic amines is 1. The van der Waals surface area contributed by atoms with Gasteiger partial charge in [-0.05, 0) is 43.0 Å². The van der Waals surface area contributed by atoms with Crippen molar-refractivity contribution in [2.45, 2.75) is 25.8 Å². The average Bonchev–Trinajstić information content (AvgIpc) is 2.72. The normalized spacial score (nSPS) is 25.2. The summed E-state index contributed by atoms with van der Waals surface area (Å²) in [7, 11) is 0. The van der Waals surface area contributed by atoms with Crippen molar-refractivity contribution < 1.29 is 0 Å². The molecule has 17 heavy (non-hydrogen) atoms. The van der Waals surface area contributed by atoms with Gasteiger partial charge >= 0.3 is 0 Å². The Bertz CT molecular complexity index is 523. The highest BCUT2D eigenvalue weighted by Gasteiger charge is 2.19. The first-order valence-electron chi connectivity index (χ1n) is 6.21. The van der Waals surface area contributed by atoms with Crippen LogP contribution in [-0.4, -0.2) is 16.7 Å². The van der Waals surface area contributed by atoms with Gasteiger partial charge in [0.1, 0.15) is 0 Å². The van der Waals surface area contributed by atoms with E-state index in [9.17, 15) is 0 Å². The van der Waals surface area contributed by atoms with Crippen LogP contribution in [0.3, 0.4) is 0 Å². The van der Waals surface area contributed by atoms with Crippen LogP contribution in [0.25, 0.3) is 10.9 Å². The summed E-state index contributed by atoms with van der Waals surface area (Å²) in [6.07, 6.45) is 2.49. The van der Waals surface area contributed by atoms with Crippen LogP contribution in [0, 0.1) is 5.92 Å². The van der Waals surface area contributed by atoms with Gasteiger partial charge in [-0.3, -0.25) is 5.10 Å². The number of rotatable bonds is 1. The van der Waals surface area contributed by atoms with Gasteiger partial charge < -0.3 is 11.1 Å². The minimum absolute atomic E-state index is 0.463. The molecule has 0 spiro atoms. The number of fused-ring (bicyclic) bond motifs is 1. The molecule has 2 atom stereocenters. The van der Waals surface area contributed by atoms with Crippen LogP contribution in [0.4, 0.5) is 5.82 Å². The molecule has 1 aliphatic heterocycles. The number of hydrogen-bond donors (Lipinski definition) is 3. The number of aromatic nitrogens is 2. The quantitative estimate of drug-likeness (QED) is 0.703. The van der Waals surface area contributed by atoms with Crippen LogP contribution < -0.4 is 11.1 Å². The number of H-pyrrole nitrogens is 1. The summed E-state index contributed by atoms with van der Waals surface area (Å²) >= 11 is 0. The summed E-state index contributed by atoms with van der Waals surface area (Å²) in [4.78, 5) is 0. The SMILES string of the molecule is CC1CCC(c2ccc3[nH]nc(N)c3c2)NC1. The number of benzene rings is 1. The van der Waals surface area contributed by atoms with Crippen LogP contribution >= 0.6 is 0 Å². The summed E-state index contributed by atoms with van der Waals surface area (Å²) < 4.78 is 0. The highest BCUT2D eigenvalue weighted by atomic mass is 15.1. The molecule has 2 unspecified atom stereocenters. The second kappa shape index (κ2) is 4.04. The van der Waals surface area contributed by atoms with Gasteiger partial charge in [0.05, 0.1) is 5.52 Å². The van der Waals surface area contributed by atoms with E-state index < -0.39 is 0 Å². The zero-order chi connectivity index (χ0) is 11.8. The van der Waals surface area contributed by atoms with Gasteiger partial charge in [0.25, 0.3) is 0 Å². The predicted molar refractivity (Wildman–Crippen MR) is 69.6 cm³/mol. The van der Waals surface area contributed by atoms with Gasteiger partial charge in [-0.1, -0.05) is 13.0 Å². The Kier molecular flexibility index (Phi) is 2.52. The van der Waals surface area contributed by atoms with Gasteiger partial charge in [0.15, 0.2) is 5.82 Å². The molecule has 0 saturated carbocycles. The van der Waals surface area contributed by atoms with Crippen molar-refractivity contribution in [3.63, 3.8) is 0 Å². The lowest BCUT2D eigenvalue weighted by atomic mass is 9.92. The molecule has 1 saturated heterocycles. The molecule has 0 radical (unpaired) electrons. The zero-order valence-corrected chi connectivity index (χ0v) is 10.0. The molecule has 4 nitrogen and oxygen atoms in total. The largest absolute Gasteiger partial charge is 0.382 e. The van der Waals surface area contributed by atoms with Gasteiger partial charge in [0.2, 0.25) is 0 Å². The van der Waals surface area contributed by atoms with Gasteiger partial charge in [-0.2, -0.15) is 5.10 Å². The summed E-state index contributed by atoms with van der Waals surface area (Å²) in [6.45, 7) is 3.39. The molecular weight excluding hydrogens is 212 g/mol. The molecule has 1 aromatic carbocycles. The molecule has 2 aromatic rings. The van der Waals surface area contributed by atoms with Crippen molar-refractivity contribution in [2.24, 2.45) is 5.92 Å². The van der Waals surface area contributed by atoms with Crippen LogP contribution in [-0.2, 0) is 0 Å². The second-order valence-electron chi connectivity index (χ2n) is 5.06. The molecule has 0 amide bonds. The Balaban J connectivity index is 1.92. The monoisotopic (exact) mass is 230 g/mol. The van der Waals surface area contributed by atoms with Crippen molar-refractivity contribution in [1.82, 2.24) is 15.5 Å². The van der Waals surface area contributed by atoms with E-state index >= 15 is 0 Å². The summed E-state index contributed by atoms with van der Waals surface area (Å²) in [5, 5.41) is 11.6. The van der Waals surface area contributed by atoms with Crippen molar-refractivity contribution in [1.29, 1.82) is 0 Å². The lowest BCUT2D eigenvalue weighted by Gasteiger charge is -2.28. The fraction of sp³-hybridized carbons (Fsp3) is 0.462. The number of hydrogen-bond acceptors (Lipinski definition) is 3. The Morgan fingerprint density at radius 2 is 2.24 bits per heavy atom. The van der Waals surface area contributed by atoms with E-state index in [1.165, 1.54) is 18.4 Å². The number of anilines is 1. The maximum Gasteiger partial charge on any atom is 0.153 e. The van der Waals surface area contributed by atoms with E-state index in [-0.39, 0.29) is 0 Å². The van der Waals surface area contributed by atoms with E-state index in [2.05, 4.69) is 40.6 Å². The lowest BCUT2D eigenvalue weighted by molar-refractivity contribution is 0.333. The molecule has 0 aliphatic carbocycles. The van der Waals surface area contributed by atoms with Crippen LogP contribution in [0.5, 0.6) is 0 Å². The maximum absolute atomic E-state index is 5.83. The Labute approximate surface area is 101 Å². The number of piperidine rings is 1. The van der Waals surface area contributed by atoms with Crippen molar-refractivity contribution >= 4 is 16.7 Å². The molecule has 1 fully saturated rings. The van der Waals surface area contributed by atoms with Crippen LogP contribution in [0.2, 0.25) is 0 Å². The van der Waals surface area contributed by atoms with Gasteiger partial charge in [-0.15, -0.1) is 0 Å². The Morgan fingerprint density at radius 1 is 1.35 bits per heavy atom. The molecule has 1 aliphatic rings. The minimum Gasteiger partial charge on any atom is -0.382 e. The number of nitrogens with two attached hydrogens (primary N) is 1. The highest BCUT2D eigenvalue weighted by molar-refractivity contribution is 5.89. The zero-order valence-electron chi connectivity index (χ0n) is 10.0. The first-order valence-corrected chi connectivity index (χ1v) is 6.21. The second-order valence-corrected chi connectivity index (χ2v) is 5.06. The third kappa shape index (κ3) is 1.89. The fourth-order valence-electron chi connectivity index (χ4n) is 2.55. The van der Waals surface area contributed by atoms with Crippen molar-refractivity contribution in [3.05, 3.63) is 23.8 Å². The third-order valence-corrected chi connectivity index (χ3v) is 3.68. The lowest BCUT2D eigenvalue weighted by Crippen LogP contribution is -2.31.